The average molecular weight is 653 g/mol. The van der Waals surface area contributed by atoms with Crippen LogP contribution in [0.3, 0.4) is 0 Å². The fourth-order valence-corrected chi connectivity index (χ4v) is 8.39. The molecule has 0 bridgehead atoms. The highest BCUT2D eigenvalue weighted by molar-refractivity contribution is 6.09. The Morgan fingerprint density at radius 3 is 1.67 bits per heavy atom. The predicted molar refractivity (Wildman–Crippen MR) is 216 cm³/mol. The Morgan fingerprint density at radius 2 is 0.941 bits per heavy atom. The molecule has 0 saturated heterocycles. The van der Waals surface area contributed by atoms with Gasteiger partial charge in [-0.25, -0.2) is 0 Å². The maximum atomic E-state index is 2.43. The van der Waals surface area contributed by atoms with E-state index in [-0.39, 0.29) is 5.41 Å². The summed E-state index contributed by atoms with van der Waals surface area (Å²) in [5, 5.41) is 5.04. The zero-order valence-corrected chi connectivity index (χ0v) is 28.7. The fourth-order valence-electron chi connectivity index (χ4n) is 8.39. The number of benzene rings is 8. The molecule has 1 aliphatic rings. The molecule has 10 rings (SSSR count). The number of para-hydroxylation sites is 2. The van der Waals surface area contributed by atoms with E-state index in [1.165, 1.54) is 71.6 Å². The molecule has 8 aromatic carbocycles. The van der Waals surface area contributed by atoms with Crippen LogP contribution in [0.2, 0.25) is 0 Å². The first-order valence-corrected chi connectivity index (χ1v) is 17.8. The molecule has 9 aromatic rings. The number of nitrogens with zero attached hydrogens (tertiary/aromatic N) is 2. The van der Waals surface area contributed by atoms with Crippen molar-refractivity contribution in [1.29, 1.82) is 0 Å². The normalized spacial score (nSPS) is 13.1. The lowest BCUT2D eigenvalue weighted by Crippen LogP contribution is -2.17. The van der Waals surface area contributed by atoms with Gasteiger partial charge in [-0.05, 0) is 105 Å². The lowest BCUT2D eigenvalue weighted by Gasteiger charge is -2.28. The molecule has 0 spiro atoms. The molecule has 0 amide bonds. The zero-order chi connectivity index (χ0) is 34.1. The van der Waals surface area contributed by atoms with Crippen molar-refractivity contribution in [3.05, 3.63) is 193 Å². The van der Waals surface area contributed by atoms with Crippen molar-refractivity contribution in [3.8, 4) is 27.9 Å². The molecule has 1 heterocycles. The number of fused-ring (bicyclic) bond motifs is 7. The number of rotatable bonds is 5. The molecule has 242 valence electrons. The molecule has 0 fully saturated rings. The van der Waals surface area contributed by atoms with Gasteiger partial charge in [-0.2, -0.15) is 0 Å². The molecule has 2 nitrogen and oxygen atoms in total. The van der Waals surface area contributed by atoms with Gasteiger partial charge in [0.25, 0.3) is 0 Å². The van der Waals surface area contributed by atoms with Crippen LogP contribution in [0, 0.1) is 0 Å². The number of aromatic nitrogens is 1. The number of hydrogen-bond donors (Lipinski definition) is 0. The lowest BCUT2D eigenvalue weighted by atomic mass is 9.82. The van der Waals surface area contributed by atoms with Crippen LogP contribution in [-0.4, -0.2) is 4.57 Å². The maximum absolute atomic E-state index is 2.43. The minimum atomic E-state index is -0.193. The lowest BCUT2D eigenvalue weighted by molar-refractivity contribution is 0.660. The summed E-state index contributed by atoms with van der Waals surface area (Å²) in [5.41, 5.74) is 14.7. The Labute approximate surface area is 298 Å². The van der Waals surface area contributed by atoms with Crippen LogP contribution in [0.4, 0.5) is 17.1 Å². The first-order chi connectivity index (χ1) is 25.0. The van der Waals surface area contributed by atoms with Gasteiger partial charge in [0, 0.05) is 38.9 Å². The molecule has 1 aliphatic carbocycles. The minimum absolute atomic E-state index is 0.193. The maximum Gasteiger partial charge on any atom is 0.0541 e. The standard InChI is InChI=1S/C49H36N2/c1-49(2)45-31-39(50(38-25-22-34-14-6-7-15-36(34)30-38)37-23-20-35(21-24-37)33-12-4-3-5-13-33)26-28-41(45)42-29-27-40(32-46(42)49)51-47-18-10-8-16-43(47)44-17-9-11-19-48(44)51/h3-32H,1-2H3. The molecule has 0 N–H and O–H groups in total. The summed E-state index contributed by atoms with van der Waals surface area (Å²) < 4.78 is 2.43. The van der Waals surface area contributed by atoms with Crippen molar-refractivity contribution >= 4 is 49.6 Å². The van der Waals surface area contributed by atoms with Crippen molar-refractivity contribution in [1.82, 2.24) is 4.57 Å². The van der Waals surface area contributed by atoms with E-state index in [4.69, 9.17) is 0 Å². The minimum Gasteiger partial charge on any atom is -0.310 e. The zero-order valence-electron chi connectivity index (χ0n) is 28.7. The molecule has 0 atom stereocenters. The van der Waals surface area contributed by atoms with Crippen molar-refractivity contribution in [2.45, 2.75) is 19.3 Å². The first-order valence-electron chi connectivity index (χ1n) is 17.8. The largest absolute Gasteiger partial charge is 0.310 e. The van der Waals surface area contributed by atoms with Crippen LogP contribution in [0.5, 0.6) is 0 Å². The third kappa shape index (κ3) is 4.64. The molecule has 0 aliphatic heterocycles. The molecular weight excluding hydrogens is 617 g/mol. The van der Waals surface area contributed by atoms with E-state index in [9.17, 15) is 0 Å². The van der Waals surface area contributed by atoms with Crippen LogP contribution in [0.15, 0.2) is 182 Å². The van der Waals surface area contributed by atoms with Gasteiger partial charge in [0.15, 0.2) is 0 Å². The van der Waals surface area contributed by atoms with Crippen LogP contribution < -0.4 is 4.90 Å². The third-order valence-electron chi connectivity index (χ3n) is 11.0. The van der Waals surface area contributed by atoms with E-state index in [2.05, 4.69) is 205 Å². The van der Waals surface area contributed by atoms with Crippen molar-refractivity contribution in [3.63, 3.8) is 0 Å². The van der Waals surface area contributed by atoms with Crippen LogP contribution >= 0.6 is 0 Å². The number of hydrogen-bond acceptors (Lipinski definition) is 1. The quantitative estimate of drug-likeness (QED) is 0.180. The summed E-state index contributed by atoms with van der Waals surface area (Å²) in [6.45, 7) is 4.76. The Bertz CT molecular complexity index is 2720. The second kappa shape index (κ2) is 11.3. The second-order valence-electron chi connectivity index (χ2n) is 14.2. The van der Waals surface area contributed by atoms with E-state index in [1.54, 1.807) is 0 Å². The molecule has 0 saturated carbocycles. The van der Waals surface area contributed by atoms with Crippen LogP contribution in [-0.2, 0) is 5.41 Å². The predicted octanol–water partition coefficient (Wildman–Crippen LogP) is 13.4. The van der Waals surface area contributed by atoms with Gasteiger partial charge in [-0.1, -0.05) is 135 Å². The molecule has 51 heavy (non-hydrogen) atoms. The molecule has 2 heteroatoms. The van der Waals surface area contributed by atoms with Crippen LogP contribution in [0.25, 0.3) is 60.5 Å². The second-order valence-corrected chi connectivity index (χ2v) is 14.2. The van der Waals surface area contributed by atoms with E-state index < -0.39 is 0 Å². The van der Waals surface area contributed by atoms with Crippen molar-refractivity contribution in [2.24, 2.45) is 0 Å². The van der Waals surface area contributed by atoms with Gasteiger partial charge in [-0.3, -0.25) is 0 Å². The van der Waals surface area contributed by atoms with Crippen LogP contribution in [0.1, 0.15) is 25.0 Å². The topological polar surface area (TPSA) is 8.17 Å². The Morgan fingerprint density at radius 1 is 0.412 bits per heavy atom. The highest BCUT2D eigenvalue weighted by Crippen LogP contribution is 2.51. The summed E-state index contributed by atoms with van der Waals surface area (Å²) in [5.74, 6) is 0. The van der Waals surface area contributed by atoms with Crippen molar-refractivity contribution < 1.29 is 0 Å². The van der Waals surface area contributed by atoms with Gasteiger partial charge in [0.05, 0.1) is 11.0 Å². The molecule has 0 unspecified atom stereocenters. The summed E-state index contributed by atoms with van der Waals surface area (Å²) >= 11 is 0. The smallest absolute Gasteiger partial charge is 0.0541 e. The highest BCUT2D eigenvalue weighted by atomic mass is 15.1. The Balaban J connectivity index is 1.10. The summed E-state index contributed by atoms with van der Waals surface area (Å²) in [6.07, 6.45) is 0. The molecular formula is C49H36N2. The molecule has 1 aromatic heterocycles. The average Bonchev–Trinajstić information content (AvgIpc) is 3.63. The summed E-state index contributed by atoms with van der Waals surface area (Å²) in [6, 6.07) is 66.6. The number of anilines is 3. The van der Waals surface area contributed by atoms with Crippen molar-refractivity contribution in [2.75, 3.05) is 4.90 Å². The van der Waals surface area contributed by atoms with E-state index in [0.717, 1.165) is 17.1 Å². The van der Waals surface area contributed by atoms with E-state index in [0.29, 0.717) is 0 Å². The fraction of sp³-hybridized carbons (Fsp3) is 0.0612. The summed E-state index contributed by atoms with van der Waals surface area (Å²) in [4.78, 5) is 2.41. The Hall–Kier alpha value is -6.38. The first kappa shape index (κ1) is 29.5. The Kier molecular flexibility index (Phi) is 6.56. The van der Waals surface area contributed by atoms with Gasteiger partial charge < -0.3 is 9.47 Å². The third-order valence-corrected chi connectivity index (χ3v) is 11.0. The van der Waals surface area contributed by atoms with Gasteiger partial charge in [0.2, 0.25) is 0 Å². The summed E-state index contributed by atoms with van der Waals surface area (Å²) in [7, 11) is 0. The highest BCUT2D eigenvalue weighted by Gasteiger charge is 2.36. The van der Waals surface area contributed by atoms with E-state index in [1.807, 2.05) is 0 Å². The van der Waals surface area contributed by atoms with Gasteiger partial charge >= 0.3 is 0 Å². The van der Waals surface area contributed by atoms with E-state index >= 15 is 0 Å². The van der Waals surface area contributed by atoms with Gasteiger partial charge in [-0.15, -0.1) is 0 Å². The SMILES string of the molecule is CC1(C)c2cc(N(c3ccc(-c4ccccc4)cc3)c3ccc4ccccc4c3)ccc2-c2ccc(-n3c4ccccc4c4ccccc43)cc21. The van der Waals surface area contributed by atoms with Gasteiger partial charge in [0.1, 0.15) is 0 Å². The molecule has 0 radical (unpaired) electrons. The monoisotopic (exact) mass is 652 g/mol.